The van der Waals surface area contributed by atoms with E-state index in [0.29, 0.717) is 17.4 Å². The van der Waals surface area contributed by atoms with Gasteiger partial charge in [0.2, 0.25) is 0 Å². The SMILES string of the molecule is CCCCC/C=C\C/C=C\CCCCCCCC(=O)O[C@H](COC(=O)CCC[C@@H](O)[C@H](O)/C=C/C=C/C=C\C=C\[C@H](O)CCCCC)COP(=O)([O-])OCC[N+](C)(C)C. The van der Waals surface area contributed by atoms with Gasteiger partial charge in [-0.05, 0) is 57.8 Å². The number of esters is 2. The van der Waals surface area contributed by atoms with Gasteiger partial charge < -0.3 is 43.2 Å². The number of quaternary nitrogens is 1. The van der Waals surface area contributed by atoms with Crippen LogP contribution in [0.2, 0.25) is 0 Å². The lowest BCUT2D eigenvalue weighted by atomic mass is 10.1. The molecule has 0 saturated carbocycles. The Morgan fingerprint density at radius 3 is 1.90 bits per heavy atom. The van der Waals surface area contributed by atoms with Gasteiger partial charge in [-0.2, -0.15) is 0 Å². The van der Waals surface area contributed by atoms with Crippen molar-refractivity contribution in [2.24, 2.45) is 0 Å². The van der Waals surface area contributed by atoms with Gasteiger partial charge in [0.15, 0.2) is 6.10 Å². The predicted octanol–water partition coefficient (Wildman–Crippen LogP) is 8.52. The molecule has 0 bridgehead atoms. The van der Waals surface area contributed by atoms with Gasteiger partial charge in [0.05, 0.1) is 46.1 Å². The van der Waals surface area contributed by atoms with Gasteiger partial charge in [0.1, 0.15) is 19.8 Å². The molecule has 0 aromatic carbocycles. The lowest BCUT2D eigenvalue weighted by Crippen LogP contribution is -2.37. The number of hydrogen-bond donors (Lipinski definition) is 3. The zero-order valence-corrected chi connectivity index (χ0v) is 37.9. The normalized spacial score (nSPS) is 15.9. The van der Waals surface area contributed by atoms with Crippen LogP contribution in [0.25, 0.3) is 0 Å². The third kappa shape index (κ3) is 39.2. The van der Waals surface area contributed by atoms with Gasteiger partial charge in [0.25, 0.3) is 7.82 Å². The third-order valence-corrected chi connectivity index (χ3v) is 10.0. The van der Waals surface area contributed by atoms with Crippen LogP contribution in [0.5, 0.6) is 0 Å². The molecular formula is C46H80NO11P. The Balaban J connectivity index is 4.73. The van der Waals surface area contributed by atoms with Gasteiger partial charge in [-0.3, -0.25) is 14.2 Å². The quantitative estimate of drug-likeness (QED) is 0.0136. The second-order valence-electron chi connectivity index (χ2n) is 15.9. The van der Waals surface area contributed by atoms with Crippen molar-refractivity contribution in [2.45, 2.75) is 160 Å². The number of hydrogen-bond acceptors (Lipinski definition) is 11. The number of phosphoric acid groups is 1. The number of allylic oxidation sites excluding steroid dienone is 10. The van der Waals surface area contributed by atoms with Crippen molar-refractivity contribution >= 4 is 19.8 Å². The van der Waals surface area contributed by atoms with Crippen LogP contribution in [0.3, 0.4) is 0 Å². The summed E-state index contributed by atoms with van der Waals surface area (Å²) in [7, 11) is 0.954. The number of aliphatic hydroxyl groups is 3. The first-order valence-electron chi connectivity index (χ1n) is 22.0. The van der Waals surface area contributed by atoms with Crippen molar-refractivity contribution in [2.75, 3.05) is 47.5 Å². The lowest BCUT2D eigenvalue weighted by Gasteiger charge is -2.28. The highest BCUT2D eigenvalue weighted by atomic mass is 31.2. The highest BCUT2D eigenvalue weighted by Gasteiger charge is 2.22. The van der Waals surface area contributed by atoms with Crippen LogP contribution in [0.4, 0.5) is 0 Å². The molecule has 340 valence electrons. The molecule has 0 amide bonds. The number of carbonyl (C=O) groups is 2. The maximum Gasteiger partial charge on any atom is 0.306 e. The van der Waals surface area contributed by atoms with Crippen molar-refractivity contribution in [3.8, 4) is 0 Å². The molecule has 0 aliphatic heterocycles. The van der Waals surface area contributed by atoms with E-state index in [2.05, 4.69) is 38.2 Å². The Hall–Kier alpha value is -2.67. The number of unbranched alkanes of at least 4 members (excludes halogenated alkanes) is 10. The minimum atomic E-state index is -4.72. The van der Waals surface area contributed by atoms with Crippen molar-refractivity contribution in [1.82, 2.24) is 0 Å². The van der Waals surface area contributed by atoms with E-state index in [4.69, 9.17) is 18.5 Å². The molecule has 0 spiro atoms. The molecule has 13 heteroatoms. The van der Waals surface area contributed by atoms with Crippen LogP contribution in [-0.4, -0.2) is 104 Å². The summed E-state index contributed by atoms with van der Waals surface area (Å²) in [6.45, 7) is 3.66. The van der Waals surface area contributed by atoms with Crippen LogP contribution in [0.1, 0.15) is 136 Å². The summed E-state index contributed by atoms with van der Waals surface area (Å²) < 4.78 is 33.6. The molecule has 0 aliphatic carbocycles. The topological polar surface area (TPSA) is 172 Å². The van der Waals surface area contributed by atoms with E-state index < -0.39 is 57.4 Å². The van der Waals surface area contributed by atoms with Crippen molar-refractivity contribution in [3.05, 3.63) is 72.9 Å². The average molecular weight is 854 g/mol. The number of nitrogens with zero attached hydrogens (tertiary/aromatic N) is 1. The molecule has 0 rings (SSSR count). The fraction of sp³-hybridized carbons (Fsp3) is 0.696. The Labute approximate surface area is 356 Å². The van der Waals surface area contributed by atoms with Gasteiger partial charge in [0, 0.05) is 12.8 Å². The highest BCUT2D eigenvalue weighted by Crippen LogP contribution is 2.38. The van der Waals surface area contributed by atoms with Crippen LogP contribution in [0, 0.1) is 0 Å². The Bertz CT molecular complexity index is 1290. The van der Waals surface area contributed by atoms with Gasteiger partial charge in [-0.1, -0.05) is 138 Å². The summed E-state index contributed by atoms with van der Waals surface area (Å²) in [5.74, 6) is -1.19. The van der Waals surface area contributed by atoms with Crippen molar-refractivity contribution < 1.29 is 57.4 Å². The Kier molecular flexibility index (Phi) is 35.4. The fourth-order valence-corrected chi connectivity index (χ4v) is 6.15. The molecule has 12 nitrogen and oxygen atoms in total. The third-order valence-electron chi connectivity index (χ3n) is 9.07. The van der Waals surface area contributed by atoms with E-state index in [1.807, 2.05) is 21.1 Å². The maximum absolute atomic E-state index is 12.7. The van der Waals surface area contributed by atoms with Crippen molar-refractivity contribution in [3.63, 3.8) is 0 Å². The maximum atomic E-state index is 12.7. The first-order chi connectivity index (χ1) is 28.2. The second-order valence-corrected chi connectivity index (χ2v) is 17.3. The Morgan fingerprint density at radius 1 is 0.661 bits per heavy atom. The summed E-state index contributed by atoms with van der Waals surface area (Å²) in [4.78, 5) is 37.6. The van der Waals surface area contributed by atoms with E-state index in [9.17, 15) is 34.4 Å². The minimum absolute atomic E-state index is 0.0826. The van der Waals surface area contributed by atoms with Crippen LogP contribution in [-0.2, 0) is 32.7 Å². The monoisotopic (exact) mass is 854 g/mol. The summed E-state index contributed by atoms with van der Waals surface area (Å²) in [5.41, 5.74) is 0. The molecule has 5 atom stereocenters. The molecule has 0 aliphatic rings. The molecule has 59 heavy (non-hydrogen) atoms. The molecule has 1 unspecified atom stereocenters. The van der Waals surface area contributed by atoms with Gasteiger partial charge in [-0.25, -0.2) is 0 Å². The van der Waals surface area contributed by atoms with Gasteiger partial charge >= 0.3 is 11.9 Å². The second kappa shape index (κ2) is 37.1. The number of rotatable bonds is 38. The van der Waals surface area contributed by atoms with Crippen molar-refractivity contribution in [1.29, 1.82) is 0 Å². The van der Waals surface area contributed by atoms with Crippen LogP contribution >= 0.6 is 7.82 Å². The number of carbonyl (C=O) groups excluding carboxylic acids is 2. The first kappa shape index (κ1) is 56.3. The molecule has 3 N–H and O–H groups in total. The van der Waals surface area contributed by atoms with Crippen LogP contribution < -0.4 is 4.89 Å². The van der Waals surface area contributed by atoms with E-state index in [1.54, 1.807) is 42.5 Å². The van der Waals surface area contributed by atoms with E-state index >= 15 is 0 Å². The predicted molar refractivity (Wildman–Crippen MR) is 235 cm³/mol. The zero-order valence-electron chi connectivity index (χ0n) is 37.0. The Morgan fingerprint density at radius 2 is 1.24 bits per heavy atom. The van der Waals surface area contributed by atoms with Crippen LogP contribution in [0.15, 0.2) is 72.9 Å². The van der Waals surface area contributed by atoms with E-state index in [1.165, 1.54) is 25.3 Å². The molecule has 0 aromatic rings. The summed E-state index contributed by atoms with van der Waals surface area (Å²) >= 11 is 0. The number of phosphoric ester groups is 1. The lowest BCUT2D eigenvalue weighted by molar-refractivity contribution is -0.870. The molecule has 0 saturated heterocycles. The summed E-state index contributed by atoms with van der Waals surface area (Å²) in [6, 6.07) is 0. The minimum Gasteiger partial charge on any atom is -0.756 e. The standard InChI is InChI=1S/C46H80NO11P/c1-6-8-10-11-12-13-14-15-16-17-18-19-20-25-29-35-46(52)58-42(40-57-59(53,54)56-38-37-47(3,4)5)39-55-45(51)36-30-34-44(50)43(49)33-28-24-22-21-23-27-32-41(48)31-26-9-7-2/h12-13,15-16,21-24,27-28,32-33,41-44,48-50H,6-11,14,17-20,25-26,29-31,34-40H2,1-5H3/b13-12-,16-15-,23-21-,24-22+,32-27+,33-28+/t41-,42-,43-,44-/m1/s1. The number of ether oxygens (including phenoxy) is 2. The smallest absolute Gasteiger partial charge is 0.306 e. The molecule has 0 aromatic heterocycles. The largest absolute Gasteiger partial charge is 0.756 e. The van der Waals surface area contributed by atoms with Gasteiger partial charge in [-0.15, -0.1) is 0 Å². The summed E-state index contributed by atoms with van der Waals surface area (Å²) in [6.07, 6.45) is 34.4. The summed E-state index contributed by atoms with van der Waals surface area (Å²) in [5, 5.41) is 30.5. The van der Waals surface area contributed by atoms with E-state index in [-0.39, 0.29) is 32.3 Å². The van der Waals surface area contributed by atoms with E-state index in [0.717, 1.165) is 70.6 Å². The number of aliphatic hydroxyl groups excluding tert-OH is 3. The highest BCUT2D eigenvalue weighted by molar-refractivity contribution is 7.45. The molecule has 0 radical (unpaired) electrons. The number of likely N-dealkylation sites (N-methyl/N-ethyl adjacent to an activating group) is 1. The average Bonchev–Trinajstić information content (AvgIpc) is 3.17. The molecule has 0 fully saturated rings. The molecular weight excluding hydrogens is 773 g/mol. The fourth-order valence-electron chi connectivity index (χ4n) is 5.42. The zero-order chi connectivity index (χ0) is 44.0. The molecule has 0 heterocycles. The first-order valence-corrected chi connectivity index (χ1v) is 23.4.